The smallest absolute Gasteiger partial charge is 0.282 e. The minimum Gasteiger partial charge on any atom is -0.378 e. The molecule has 0 unspecified atom stereocenters. The second-order valence-electron chi connectivity index (χ2n) is 7.86. The van der Waals surface area contributed by atoms with Crippen molar-refractivity contribution in [2.45, 2.75) is 6.92 Å². The van der Waals surface area contributed by atoms with Crippen molar-refractivity contribution in [3.63, 3.8) is 0 Å². The van der Waals surface area contributed by atoms with Crippen molar-refractivity contribution in [2.24, 2.45) is 0 Å². The molecule has 2 N–H and O–H groups in total. The fraction of sp³-hybridized carbons (Fsp3) is 0.115. The predicted octanol–water partition coefficient (Wildman–Crippen LogP) is 4.11. The third kappa shape index (κ3) is 4.48. The second kappa shape index (κ2) is 9.00. The van der Waals surface area contributed by atoms with Crippen molar-refractivity contribution >= 4 is 46.0 Å². The largest absolute Gasteiger partial charge is 0.378 e. The van der Waals surface area contributed by atoms with Crippen molar-refractivity contribution in [1.82, 2.24) is 0 Å². The molecule has 0 bridgehead atoms. The molecule has 7 heteroatoms. The van der Waals surface area contributed by atoms with Crippen LogP contribution in [0.15, 0.2) is 84.6 Å². The van der Waals surface area contributed by atoms with Crippen LogP contribution in [0, 0.1) is 0 Å². The third-order valence-electron chi connectivity index (χ3n) is 5.25. The molecular weight excluding hydrogens is 416 g/mol. The fourth-order valence-corrected chi connectivity index (χ4v) is 3.64. The van der Waals surface area contributed by atoms with E-state index in [2.05, 4.69) is 10.6 Å². The zero-order valence-corrected chi connectivity index (χ0v) is 18.6. The zero-order valence-electron chi connectivity index (χ0n) is 18.6. The number of amides is 3. The van der Waals surface area contributed by atoms with Crippen molar-refractivity contribution in [3.05, 3.63) is 90.1 Å². The van der Waals surface area contributed by atoms with Crippen molar-refractivity contribution < 1.29 is 14.4 Å². The van der Waals surface area contributed by atoms with E-state index >= 15 is 0 Å². The van der Waals surface area contributed by atoms with E-state index in [1.807, 2.05) is 61.5 Å². The molecule has 0 aliphatic carbocycles. The van der Waals surface area contributed by atoms with Gasteiger partial charge in [-0.05, 0) is 54.1 Å². The average molecular weight is 441 g/mol. The van der Waals surface area contributed by atoms with E-state index < -0.39 is 11.8 Å². The molecule has 0 radical (unpaired) electrons. The summed E-state index contributed by atoms with van der Waals surface area (Å²) in [6.07, 6.45) is 0. The lowest BCUT2D eigenvalue weighted by molar-refractivity contribution is -0.120. The van der Waals surface area contributed by atoms with E-state index in [0.717, 1.165) is 10.6 Å². The Hall–Kier alpha value is -4.39. The Morgan fingerprint density at radius 2 is 1.39 bits per heavy atom. The van der Waals surface area contributed by atoms with Crippen LogP contribution < -0.4 is 20.4 Å². The van der Waals surface area contributed by atoms with Gasteiger partial charge in [-0.15, -0.1) is 0 Å². The van der Waals surface area contributed by atoms with Crippen LogP contribution in [-0.4, -0.2) is 31.8 Å². The summed E-state index contributed by atoms with van der Waals surface area (Å²) in [6, 6.07) is 23.3. The van der Waals surface area contributed by atoms with Gasteiger partial charge in [0.1, 0.15) is 5.70 Å². The summed E-state index contributed by atoms with van der Waals surface area (Å²) in [5, 5.41) is 5.85. The third-order valence-corrected chi connectivity index (χ3v) is 5.25. The number of hydrogen-bond donors (Lipinski definition) is 2. The summed E-state index contributed by atoms with van der Waals surface area (Å²) in [7, 11) is 3.90. The number of nitrogens with zero attached hydrogens (tertiary/aromatic N) is 2. The van der Waals surface area contributed by atoms with Gasteiger partial charge in [0.15, 0.2) is 0 Å². The molecule has 4 rings (SSSR count). The first-order valence-electron chi connectivity index (χ1n) is 10.5. The Bertz CT molecular complexity index is 1230. The summed E-state index contributed by atoms with van der Waals surface area (Å²) in [4.78, 5) is 41.3. The number of nitrogens with one attached hydrogen (secondary N) is 2. The minimum atomic E-state index is -0.442. The first-order chi connectivity index (χ1) is 15.8. The summed E-state index contributed by atoms with van der Waals surface area (Å²) < 4.78 is 0. The van der Waals surface area contributed by atoms with Crippen LogP contribution >= 0.6 is 0 Å². The Labute approximate surface area is 192 Å². The van der Waals surface area contributed by atoms with Crippen LogP contribution in [0.5, 0.6) is 0 Å². The quantitative estimate of drug-likeness (QED) is 0.564. The molecular formula is C26H24N4O3. The maximum absolute atomic E-state index is 13.5. The summed E-state index contributed by atoms with van der Waals surface area (Å²) >= 11 is 0. The van der Waals surface area contributed by atoms with E-state index in [9.17, 15) is 14.4 Å². The molecule has 3 aromatic rings. The molecule has 1 aliphatic heterocycles. The highest BCUT2D eigenvalue weighted by molar-refractivity contribution is 6.46. The fourth-order valence-electron chi connectivity index (χ4n) is 3.64. The van der Waals surface area contributed by atoms with E-state index in [0.29, 0.717) is 28.2 Å². The van der Waals surface area contributed by atoms with Crippen LogP contribution in [0.2, 0.25) is 0 Å². The van der Waals surface area contributed by atoms with E-state index in [1.54, 1.807) is 36.4 Å². The Morgan fingerprint density at radius 1 is 0.788 bits per heavy atom. The standard InChI is InChI=1S/C26H24N4O3/c1-17(31)27-19-11-15-22(16-12-19)30-25(32)23(18-7-5-4-6-8-18)24(26(30)33)28-20-9-13-21(14-10-20)29(2)3/h4-16,28H,1-3H3,(H,27,31). The highest BCUT2D eigenvalue weighted by Crippen LogP contribution is 2.34. The van der Waals surface area contributed by atoms with Crippen LogP contribution in [0.25, 0.3) is 5.57 Å². The molecule has 3 amide bonds. The number of anilines is 4. The number of imide groups is 1. The maximum Gasteiger partial charge on any atom is 0.282 e. The van der Waals surface area contributed by atoms with E-state index in [-0.39, 0.29) is 11.6 Å². The summed E-state index contributed by atoms with van der Waals surface area (Å²) in [6.45, 7) is 1.42. The minimum absolute atomic E-state index is 0.198. The Balaban J connectivity index is 1.71. The SMILES string of the molecule is CC(=O)Nc1ccc(N2C(=O)C(Nc3ccc(N(C)C)cc3)=C(c3ccccc3)C2=O)cc1. The highest BCUT2D eigenvalue weighted by Gasteiger charge is 2.40. The van der Waals surface area contributed by atoms with Gasteiger partial charge >= 0.3 is 0 Å². The van der Waals surface area contributed by atoms with Crippen molar-refractivity contribution in [3.8, 4) is 0 Å². The van der Waals surface area contributed by atoms with Crippen LogP contribution in [0.4, 0.5) is 22.7 Å². The molecule has 0 fully saturated rings. The van der Waals surface area contributed by atoms with Gasteiger partial charge in [0.05, 0.1) is 11.3 Å². The normalized spacial score (nSPS) is 13.4. The lowest BCUT2D eigenvalue weighted by Gasteiger charge is -2.16. The van der Waals surface area contributed by atoms with Gasteiger partial charge in [0, 0.05) is 38.1 Å². The van der Waals surface area contributed by atoms with Gasteiger partial charge < -0.3 is 15.5 Å². The highest BCUT2D eigenvalue weighted by atomic mass is 16.2. The second-order valence-corrected chi connectivity index (χ2v) is 7.86. The van der Waals surface area contributed by atoms with Gasteiger partial charge in [-0.3, -0.25) is 14.4 Å². The maximum atomic E-state index is 13.5. The number of carbonyl (C=O) groups is 3. The lowest BCUT2D eigenvalue weighted by Crippen LogP contribution is -2.32. The molecule has 1 heterocycles. The lowest BCUT2D eigenvalue weighted by atomic mass is 10.0. The number of benzene rings is 3. The van der Waals surface area contributed by atoms with Crippen molar-refractivity contribution in [1.29, 1.82) is 0 Å². The summed E-state index contributed by atoms with van der Waals surface area (Å²) in [5.74, 6) is -1.05. The van der Waals surface area contributed by atoms with Gasteiger partial charge in [-0.25, -0.2) is 4.90 Å². The molecule has 0 spiro atoms. The molecule has 0 saturated carbocycles. The first kappa shape index (κ1) is 21.8. The molecule has 7 nitrogen and oxygen atoms in total. The summed E-state index contributed by atoms with van der Waals surface area (Å²) in [5.41, 5.74) is 3.91. The number of carbonyl (C=O) groups excluding carboxylic acids is 3. The Morgan fingerprint density at radius 3 is 1.97 bits per heavy atom. The van der Waals surface area contributed by atoms with Gasteiger partial charge in [0.2, 0.25) is 5.91 Å². The van der Waals surface area contributed by atoms with Gasteiger partial charge in [0.25, 0.3) is 11.8 Å². The topological polar surface area (TPSA) is 81.8 Å². The molecule has 166 valence electrons. The van der Waals surface area contributed by atoms with Crippen LogP contribution in [0.1, 0.15) is 12.5 Å². The zero-order chi connectivity index (χ0) is 23.5. The van der Waals surface area contributed by atoms with Gasteiger partial charge in [-0.2, -0.15) is 0 Å². The molecule has 0 saturated heterocycles. The molecule has 0 atom stereocenters. The molecule has 33 heavy (non-hydrogen) atoms. The van der Waals surface area contributed by atoms with Crippen LogP contribution in [0.3, 0.4) is 0 Å². The van der Waals surface area contributed by atoms with Crippen LogP contribution in [-0.2, 0) is 14.4 Å². The monoisotopic (exact) mass is 440 g/mol. The van der Waals surface area contributed by atoms with E-state index in [4.69, 9.17) is 0 Å². The average Bonchev–Trinajstić information content (AvgIpc) is 3.04. The number of hydrogen-bond acceptors (Lipinski definition) is 5. The van der Waals surface area contributed by atoms with Gasteiger partial charge in [-0.1, -0.05) is 30.3 Å². The van der Waals surface area contributed by atoms with Crippen molar-refractivity contribution in [2.75, 3.05) is 34.5 Å². The number of rotatable bonds is 6. The van der Waals surface area contributed by atoms with E-state index in [1.165, 1.54) is 6.92 Å². The molecule has 1 aliphatic rings. The predicted molar refractivity (Wildman–Crippen MR) is 131 cm³/mol. The Kier molecular flexibility index (Phi) is 5.95. The first-order valence-corrected chi connectivity index (χ1v) is 10.5. The molecule has 0 aromatic heterocycles. The molecule has 3 aromatic carbocycles.